The number of aromatic nitrogens is 3. The van der Waals surface area contributed by atoms with Gasteiger partial charge in [-0.1, -0.05) is 12.8 Å². The lowest BCUT2D eigenvalue weighted by atomic mass is 10.0. The largest absolute Gasteiger partial charge is 0.453 e. The molecule has 2 atom stereocenters. The molecule has 0 saturated heterocycles. The molecule has 4 rings (SSSR count). The highest BCUT2D eigenvalue weighted by molar-refractivity contribution is 5.77. The average molecular weight is 461 g/mol. The van der Waals surface area contributed by atoms with Crippen molar-refractivity contribution in [2.45, 2.75) is 56.9 Å². The highest BCUT2D eigenvalue weighted by Gasteiger charge is 2.42. The van der Waals surface area contributed by atoms with Crippen molar-refractivity contribution in [2.75, 3.05) is 6.54 Å². The normalized spacial score (nSPS) is 19.7. The van der Waals surface area contributed by atoms with E-state index in [4.69, 9.17) is 5.73 Å². The number of benzene rings is 1. The molecule has 1 fully saturated rings. The summed E-state index contributed by atoms with van der Waals surface area (Å²) in [5, 5.41) is 3.55. The fourth-order valence-electron chi connectivity index (χ4n) is 4.00. The van der Waals surface area contributed by atoms with Gasteiger partial charge in [-0.25, -0.2) is 22.8 Å². The molecule has 2 aliphatic rings. The Morgan fingerprint density at radius 2 is 1.81 bits per heavy atom. The monoisotopic (exact) mass is 461 g/mol. The van der Waals surface area contributed by atoms with Gasteiger partial charge in [0.1, 0.15) is 11.6 Å². The van der Waals surface area contributed by atoms with Crippen LogP contribution >= 0.6 is 0 Å². The molecule has 1 aliphatic carbocycles. The summed E-state index contributed by atoms with van der Waals surface area (Å²) in [7, 11) is 0. The molecule has 0 spiro atoms. The van der Waals surface area contributed by atoms with Crippen molar-refractivity contribution in [3.63, 3.8) is 0 Å². The summed E-state index contributed by atoms with van der Waals surface area (Å²) in [6.45, 7) is 0.189. The maximum Gasteiger partial charge on any atom is 0.453 e. The average Bonchev–Trinajstić information content (AvgIpc) is 3.39. The first-order chi connectivity index (χ1) is 15.0. The minimum atomic E-state index is -4.69. The summed E-state index contributed by atoms with van der Waals surface area (Å²) >= 11 is 0. The van der Waals surface area contributed by atoms with E-state index >= 15 is 0 Å². The van der Waals surface area contributed by atoms with E-state index in [-0.39, 0.29) is 43.2 Å². The molecule has 1 saturated carbocycles. The molecule has 0 radical (unpaired) electrons. The smallest absolute Gasteiger partial charge is 0.331 e. The fourth-order valence-corrected chi connectivity index (χ4v) is 4.00. The Hall–Kier alpha value is -2.63. The third-order valence-electron chi connectivity index (χ3n) is 5.76. The van der Waals surface area contributed by atoms with Gasteiger partial charge in [0.2, 0.25) is 5.91 Å². The van der Waals surface area contributed by atoms with Crippen molar-refractivity contribution in [1.29, 1.82) is 0 Å². The first kappa shape index (κ1) is 22.6. The maximum atomic E-state index is 13.9. The first-order valence-electron chi connectivity index (χ1n) is 10.2. The number of carbonyl (C=O) groups excluding carboxylic acids is 1. The summed E-state index contributed by atoms with van der Waals surface area (Å²) in [6.07, 6.45) is -2.82. The van der Waals surface area contributed by atoms with Crippen molar-refractivity contribution in [2.24, 2.45) is 11.7 Å². The molecule has 32 heavy (non-hydrogen) atoms. The Morgan fingerprint density at radius 3 is 2.47 bits per heavy atom. The predicted octanol–water partition coefficient (Wildman–Crippen LogP) is 3.36. The van der Waals surface area contributed by atoms with Crippen LogP contribution in [-0.2, 0) is 23.9 Å². The summed E-state index contributed by atoms with van der Waals surface area (Å²) in [6, 6.07) is -0.443. The van der Waals surface area contributed by atoms with Gasteiger partial charge in [0.15, 0.2) is 11.6 Å². The number of hydrogen-bond donors (Lipinski definition) is 1. The van der Waals surface area contributed by atoms with Gasteiger partial charge < -0.3 is 10.6 Å². The van der Waals surface area contributed by atoms with Crippen LogP contribution in [-0.4, -0.2) is 38.2 Å². The number of hydrogen-bond acceptors (Lipinski definition) is 4. The molecule has 2 heterocycles. The zero-order valence-corrected chi connectivity index (χ0v) is 16.9. The van der Waals surface area contributed by atoms with E-state index in [2.05, 4.69) is 10.1 Å². The lowest BCUT2D eigenvalue weighted by Gasteiger charge is -2.36. The van der Waals surface area contributed by atoms with Crippen LogP contribution in [0.5, 0.6) is 0 Å². The molecule has 6 nitrogen and oxygen atoms in total. The van der Waals surface area contributed by atoms with Crippen LogP contribution in [0.1, 0.15) is 48.9 Å². The minimum absolute atomic E-state index is 0.0539. The van der Waals surface area contributed by atoms with Crippen molar-refractivity contribution in [3.8, 4) is 0 Å². The van der Waals surface area contributed by atoms with Crippen LogP contribution in [0.3, 0.4) is 0 Å². The van der Waals surface area contributed by atoms with Gasteiger partial charge >= 0.3 is 6.18 Å². The lowest BCUT2D eigenvalue weighted by Crippen LogP contribution is -2.45. The highest BCUT2D eigenvalue weighted by Crippen LogP contribution is 2.41. The van der Waals surface area contributed by atoms with E-state index in [0.717, 1.165) is 12.8 Å². The van der Waals surface area contributed by atoms with Crippen LogP contribution in [0, 0.1) is 23.4 Å². The maximum absolute atomic E-state index is 13.9. The fraction of sp³-hybridized carbons (Fsp3) is 0.550. The minimum Gasteiger partial charge on any atom is -0.331 e. The summed E-state index contributed by atoms with van der Waals surface area (Å²) in [5.41, 5.74) is 5.81. The number of halogens is 6. The quantitative estimate of drug-likeness (QED) is 0.529. The van der Waals surface area contributed by atoms with E-state index in [1.807, 2.05) is 0 Å². The topological polar surface area (TPSA) is 77.0 Å². The molecule has 1 aliphatic heterocycles. The number of amides is 1. The second kappa shape index (κ2) is 8.38. The number of rotatable bonds is 6. The molecule has 1 unspecified atom stereocenters. The molecule has 0 bridgehead atoms. The molecule has 12 heteroatoms. The van der Waals surface area contributed by atoms with Crippen molar-refractivity contribution < 1.29 is 31.1 Å². The summed E-state index contributed by atoms with van der Waals surface area (Å²) in [4.78, 5) is 18.1. The van der Waals surface area contributed by atoms with Crippen LogP contribution < -0.4 is 5.73 Å². The Kier molecular flexibility index (Phi) is 5.91. The second-order valence-corrected chi connectivity index (χ2v) is 8.32. The Balaban J connectivity index is 1.49. The first-order valence-corrected chi connectivity index (χ1v) is 10.2. The van der Waals surface area contributed by atoms with E-state index in [1.165, 1.54) is 9.58 Å². The number of alkyl halides is 3. The number of nitrogens with zero attached hydrogens (tertiary/aromatic N) is 4. The lowest BCUT2D eigenvalue weighted by molar-refractivity contribution is -0.145. The zero-order chi connectivity index (χ0) is 23.2. The van der Waals surface area contributed by atoms with Gasteiger partial charge in [0.05, 0.1) is 12.6 Å². The van der Waals surface area contributed by atoms with Gasteiger partial charge in [-0.15, -0.1) is 5.10 Å². The van der Waals surface area contributed by atoms with Crippen molar-refractivity contribution in [3.05, 3.63) is 46.8 Å². The van der Waals surface area contributed by atoms with E-state index < -0.39 is 47.4 Å². The molecule has 1 aromatic carbocycles. The van der Waals surface area contributed by atoms with Gasteiger partial charge in [0, 0.05) is 25.1 Å². The summed E-state index contributed by atoms with van der Waals surface area (Å²) in [5.74, 6) is -4.80. The van der Waals surface area contributed by atoms with Gasteiger partial charge in [-0.3, -0.25) is 4.79 Å². The molecule has 1 aromatic heterocycles. The number of fused-ring (bicyclic) bond motifs is 1. The van der Waals surface area contributed by atoms with E-state index in [1.54, 1.807) is 0 Å². The molecular formula is C20H21F6N5O. The Bertz CT molecular complexity index is 1020. The zero-order valence-electron chi connectivity index (χ0n) is 16.9. The van der Waals surface area contributed by atoms with Crippen molar-refractivity contribution >= 4 is 5.91 Å². The van der Waals surface area contributed by atoms with Crippen LogP contribution in [0.2, 0.25) is 0 Å². The number of nitrogens with two attached hydrogens (primary N) is 1. The SMILES string of the molecule is N[C@@H](CC(=O)N1CCn2nc(C(F)(F)F)nc2C1CC1CC1)Cc1cc(F)c(F)cc1F. The van der Waals surface area contributed by atoms with Crippen LogP contribution in [0.4, 0.5) is 26.3 Å². The van der Waals surface area contributed by atoms with Gasteiger partial charge in [-0.2, -0.15) is 13.2 Å². The second-order valence-electron chi connectivity index (χ2n) is 8.32. The molecule has 1 amide bonds. The third-order valence-corrected chi connectivity index (χ3v) is 5.76. The van der Waals surface area contributed by atoms with E-state index in [9.17, 15) is 31.1 Å². The van der Waals surface area contributed by atoms with Crippen LogP contribution in [0.15, 0.2) is 12.1 Å². The predicted molar refractivity (Wildman–Crippen MR) is 99.4 cm³/mol. The summed E-state index contributed by atoms with van der Waals surface area (Å²) < 4.78 is 80.8. The molecular weight excluding hydrogens is 440 g/mol. The molecule has 174 valence electrons. The standard InChI is InChI=1S/C20H21F6N5O/c21-13-9-15(23)14(22)7-11(13)6-12(27)8-17(32)30-3-4-31-18(16(30)5-10-1-2-10)28-19(29-31)20(24,25)26/h7,9-10,12,16H,1-6,8,27H2/t12-,16?/m1/s1. The van der Waals surface area contributed by atoms with Gasteiger partial charge in [0.25, 0.3) is 5.82 Å². The van der Waals surface area contributed by atoms with E-state index in [0.29, 0.717) is 18.6 Å². The van der Waals surface area contributed by atoms with Crippen molar-refractivity contribution in [1.82, 2.24) is 19.7 Å². The number of carbonyl (C=O) groups is 1. The third kappa shape index (κ3) is 4.74. The highest BCUT2D eigenvalue weighted by atomic mass is 19.4. The van der Waals surface area contributed by atoms with Gasteiger partial charge in [-0.05, 0) is 30.4 Å². The Labute approximate surface area is 179 Å². The molecule has 2 aromatic rings. The van der Waals surface area contributed by atoms with Crippen LogP contribution in [0.25, 0.3) is 0 Å². The molecule has 2 N–H and O–H groups in total. The Morgan fingerprint density at radius 1 is 1.12 bits per heavy atom.